The predicted octanol–water partition coefficient (Wildman–Crippen LogP) is 4.96. The van der Waals surface area contributed by atoms with Crippen LogP contribution < -0.4 is 9.47 Å². The first kappa shape index (κ1) is 20.9. The zero-order valence-corrected chi connectivity index (χ0v) is 16.8. The van der Waals surface area contributed by atoms with E-state index in [0.29, 0.717) is 29.2 Å². The quantitative estimate of drug-likeness (QED) is 0.303. The molecule has 30 heavy (non-hydrogen) atoms. The van der Waals surface area contributed by atoms with E-state index in [1.807, 2.05) is 36.4 Å². The van der Waals surface area contributed by atoms with Gasteiger partial charge in [0.05, 0.1) is 19.8 Å². The maximum absolute atomic E-state index is 12.2. The van der Waals surface area contributed by atoms with Crippen LogP contribution in [-0.2, 0) is 11.3 Å². The summed E-state index contributed by atoms with van der Waals surface area (Å²) in [6.45, 7) is 0.382. The van der Waals surface area contributed by atoms with Crippen molar-refractivity contribution in [3.05, 3.63) is 101 Å². The molecule has 0 radical (unpaired) electrons. The lowest BCUT2D eigenvalue weighted by atomic mass is 10.1. The zero-order valence-electron chi connectivity index (χ0n) is 16.8. The van der Waals surface area contributed by atoms with Crippen LogP contribution in [0.5, 0.6) is 11.5 Å². The molecular weight excluding hydrogens is 380 g/mol. The first-order valence-corrected chi connectivity index (χ1v) is 9.35. The third kappa shape index (κ3) is 5.58. The number of hydrogen-bond donors (Lipinski definition) is 0. The molecule has 0 bridgehead atoms. The van der Waals surface area contributed by atoms with Gasteiger partial charge in [0, 0.05) is 5.56 Å². The topological polar surface area (TPSA) is 61.8 Å². The van der Waals surface area contributed by atoms with Gasteiger partial charge < -0.3 is 14.2 Å². The molecule has 0 fully saturated rings. The van der Waals surface area contributed by atoms with E-state index in [-0.39, 0.29) is 11.8 Å². The minimum absolute atomic E-state index is 0.0756. The molecule has 0 spiro atoms. The van der Waals surface area contributed by atoms with Crippen molar-refractivity contribution >= 4 is 17.8 Å². The Labute approximate surface area is 175 Å². The Hall–Kier alpha value is -3.86. The van der Waals surface area contributed by atoms with Crippen LogP contribution >= 0.6 is 0 Å². The second kappa shape index (κ2) is 10.1. The molecule has 3 aromatic carbocycles. The summed E-state index contributed by atoms with van der Waals surface area (Å²) in [6, 6.07) is 21.5. The fourth-order valence-electron chi connectivity index (χ4n) is 2.72. The minimum Gasteiger partial charge on any atom is -0.497 e. The van der Waals surface area contributed by atoms with Gasteiger partial charge in [0.25, 0.3) is 0 Å². The minimum atomic E-state index is -0.364. The van der Waals surface area contributed by atoms with Crippen molar-refractivity contribution in [1.82, 2.24) is 0 Å². The van der Waals surface area contributed by atoms with E-state index in [0.717, 1.165) is 11.1 Å². The van der Waals surface area contributed by atoms with E-state index in [1.54, 1.807) is 55.7 Å². The predicted molar refractivity (Wildman–Crippen MR) is 115 cm³/mol. The van der Waals surface area contributed by atoms with Crippen molar-refractivity contribution < 1.29 is 23.8 Å². The van der Waals surface area contributed by atoms with Crippen LogP contribution in [0.15, 0.2) is 78.9 Å². The van der Waals surface area contributed by atoms with Gasteiger partial charge in [-0.1, -0.05) is 30.3 Å². The molecule has 0 aliphatic rings. The first-order chi connectivity index (χ1) is 14.6. The lowest BCUT2D eigenvalue weighted by Gasteiger charge is -2.07. The van der Waals surface area contributed by atoms with Gasteiger partial charge in [-0.2, -0.15) is 0 Å². The van der Waals surface area contributed by atoms with Crippen molar-refractivity contribution in [3.8, 4) is 11.5 Å². The lowest BCUT2D eigenvalue weighted by molar-refractivity contribution is 0.0600. The molecule has 0 N–H and O–H groups in total. The van der Waals surface area contributed by atoms with E-state index in [4.69, 9.17) is 9.47 Å². The second-order valence-corrected chi connectivity index (χ2v) is 6.47. The van der Waals surface area contributed by atoms with E-state index in [1.165, 1.54) is 7.11 Å². The third-order valence-corrected chi connectivity index (χ3v) is 4.46. The van der Waals surface area contributed by atoms with Crippen molar-refractivity contribution in [2.24, 2.45) is 0 Å². The molecule has 5 heteroatoms. The first-order valence-electron chi connectivity index (χ1n) is 9.35. The third-order valence-electron chi connectivity index (χ3n) is 4.46. The molecule has 3 rings (SSSR count). The molecule has 152 valence electrons. The highest BCUT2D eigenvalue weighted by atomic mass is 16.5. The lowest BCUT2D eigenvalue weighted by Crippen LogP contribution is -2.01. The molecule has 3 aromatic rings. The van der Waals surface area contributed by atoms with Gasteiger partial charge in [0.1, 0.15) is 18.1 Å². The standard InChI is InChI=1S/C25H22O5/c1-28-22-14-10-20(11-15-22)24(26)16-7-18-5-12-23(13-6-18)30-17-19-3-8-21(9-4-19)25(27)29-2/h3-16H,17H2,1-2H3. The maximum atomic E-state index is 12.2. The molecule has 0 aromatic heterocycles. The normalized spacial score (nSPS) is 10.6. The highest BCUT2D eigenvalue weighted by molar-refractivity contribution is 6.06. The number of benzene rings is 3. The molecule has 0 aliphatic heterocycles. The average Bonchev–Trinajstić information content (AvgIpc) is 2.81. The van der Waals surface area contributed by atoms with Crippen LogP contribution in [0, 0.1) is 0 Å². The summed E-state index contributed by atoms with van der Waals surface area (Å²) in [5.74, 6) is 0.987. The van der Waals surface area contributed by atoms with Gasteiger partial charge in [0.15, 0.2) is 5.78 Å². The molecule has 0 atom stereocenters. The number of ether oxygens (including phenoxy) is 3. The van der Waals surface area contributed by atoms with E-state index in [9.17, 15) is 9.59 Å². The number of methoxy groups -OCH3 is 2. The van der Waals surface area contributed by atoms with Gasteiger partial charge in [-0.25, -0.2) is 4.79 Å². The fraction of sp³-hybridized carbons (Fsp3) is 0.120. The SMILES string of the molecule is COC(=O)c1ccc(COc2ccc(C=CC(=O)c3ccc(OC)cc3)cc2)cc1. The summed E-state index contributed by atoms with van der Waals surface area (Å²) >= 11 is 0. The molecule has 5 nitrogen and oxygen atoms in total. The van der Waals surface area contributed by atoms with Gasteiger partial charge in [-0.15, -0.1) is 0 Å². The summed E-state index contributed by atoms with van der Waals surface area (Å²) < 4.78 is 15.6. The Morgan fingerprint density at radius 3 is 1.97 bits per heavy atom. The molecular formula is C25H22O5. The molecule has 0 heterocycles. The number of allylic oxidation sites excluding steroid dienone is 1. The second-order valence-electron chi connectivity index (χ2n) is 6.47. The Morgan fingerprint density at radius 1 is 0.767 bits per heavy atom. The fourth-order valence-corrected chi connectivity index (χ4v) is 2.72. The van der Waals surface area contributed by atoms with Crippen LogP contribution in [0.4, 0.5) is 0 Å². The summed E-state index contributed by atoms with van der Waals surface area (Å²) in [5, 5.41) is 0. The van der Waals surface area contributed by atoms with Gasteiger partial charge >= 0.3 is 5.97 Å². The largest absolute Gasteiger partial charge is 0.497 e. The van der Waals surface area contributed by atoms with Crippen molar-refractivity contribution in [3.63, 3.8) is 0 Å². The Morgan fingerprint density at radius 2 is 1.37 bits per heavy atom. The van der Waals surface area contributed by atoms with Gasteiger partial charge in [-0.3, -0.25) is 4.79 Å². The van der Waals surface area contributed by atoms with Gasteiger partial charge in [-0.05, 0) is 65.7 Å². The average molecular weight is 402 g/mol. The smallest absolute Gasteiger partial charge is 0.337 e. The molecule has 0 amide bonds. The van der Waals surface area contributed by atoms with E-state index >= 15 is 0 Å². The molecule has 0 aliphatic carbocycles. The van der Waals surface area contributed by atoms with Crippen molar-refractivity contribution in [2.45, 2.75) is 6.61 Å². The number of hydrogen-bond acceptors (Lipinski definition) is 5. The Kier molecular flexibility index (Phi) is 7.00. The Bertz CT molecular complexity index is 1020. The van der Waals surface area contributed by atoms with Crippen LogP contribution in [0.2, 0.25) is 0 Å². The monoisotopic (exact) mass is 402 g/mol. The van der Waals surface area contributed by atoms with Crippen molar-refractivity contribution in [1.29, 1.82) is 0 Å². The van der Waals surface area contributed by atoms with Gasteiger partial charge in [0.2, 0.25) is 0 Å². The molecule has 0 saturated heterocycles. The summed E-state index contributed by atoms with van der Waals surface area (Å²) in [5.41, 5.74) is 2.94. The van der Waals surface area contributed by atoms with Crippen molar-refractivity contribution in [2.75, 3.05) is 14.2 Å². The Balaban J connectivity index is 1.54. The summed E-state index contributed by atoms with van der Waals surface area (Å²) in [6.07, 6.45) is 3.31. The van der Waals surface area contributed by atoms with E-state index < -0.39 is 0 Å². The zero-order chi connectivity index (χ0) is 21.3. The number of rotatable bonds is 8. The van der Waals surface area contributed by atoms with Crippen LogP contribution in [-0.4, -0.2) is 26.0 Å². The summed E-state index contributed by atoms with van der Waals surface area (Å²) in [4.78, 5) is 23.7. The van der Waals surface area contributed by atoms with Crippen LogP contribution in [0.3, 0.4) is 0 Å². The van der Waals surface area contributed by atoms with Crippen LogP contribution in [0.25, 0.3) is 6.08 Å². The van der Waals surface area contributed by atoms with E-state index in [2.05, 4.69) is 4.74 Å². The van der Waals surface area contributed by atoms with Crippen LogP contribution in [0.1, 0.15) is 31.8 Å². The highest BCUT2D eigenvalue weighted by Gasteiger charge is 2.05. The number of ketones is 1. The number of carbonyl (C=O) groups is 2. The molecule has 0 saturated carbocycles. The highest BCUT2D eigenvalue weighted by Crippen LogP contribution is 2.17. The molecule has 0 unspecified atom stereocenters. The number of esters is 1. The summed E-state index contributed by atoms with van der Waals surface area (Å²) in [7, 11) is 2.94. The maximum Gasteiger partial charge on any atom is 0.337 e. The number of carbonyl (C=O) groups excluding carboxylic acids is 2.